The lowest BCUT2D eigenvalue weighted by molar-refractivity contribution is -0.117. The molecule has 1 aliphatic rings. The number of nitrogens with zero attached hydrogens (tertiary/aromatic N) is 3. The fourth-order valence-electron chi connectivity index (χ4n) is 3.05. The van der Waals surface area contributed by atoms with Crippen molar-refractivity contribution in [1.29, 1.82) is 0 Å². The summed E-state index contributed by atoms with van der Waals surface area (Å²) in [6.07, 6.45) is 1.80. The van der Waals surface area contributed by atoms with Crippen molar-refractivity contribution < 1.29 is 9.59 Å². The Labute approximate surface area is 158 Å². The Kier molecular flexibility index (Phi) is 4.60. The maximum absolute atomic E-state index is 13.0. The molecule has 1 atom stereocenters. The van der Waals surface area contributed by atoms with Gasteiger partial charge in [0.15, 0.2) is 0 Å². The fourth-order valence-corrected chi connectivity index (χ4v) is 4.69. The van der Waals surface area contributed by atoms with Crippen LogP contribution in [0.2, 0.25) is 0 Å². The summed E-state index contributed by atoms with van der Waals surface area (Å²) in [5.74, 6) is 0.117. The highest BCUT2D eigenvalue weighted by atomic mass is 32.2. The van der Waals surface area contributed by atoms with Crippen molar-refractivity contribution in [3.8, 4) is 0 Å². The molecule has 1 aliphatic heterocycles. The molecule has 0 bridgehead atoms. The summed E-state index contributed by atoms with van der Waals surface area (Å²) in [6.45, 7) is 1.89. The number of rotatable bonds is 3. The topological polar surface area (TPSA) is 75.2 Å². The van der Waals surface area contributed by atoms with Crippen molar-refractivity contribution in [2.45, 2.75) is 24.4 Å². The maximum Gasteiger partial charge on any atom is 0.237 e. The van der Waals surface area contributed by atoms with Crippen molar-refractivity contribution in [3.63, 3.8) is 0 Å². The van der Waals surface area contributed by atoms with Gasteiger partial charge in [-0.05, 0) is 30.5 Å². The highest BCUT2D eigenvalue weighted by Gasteiger charge is 2.29. The van der Waals surface area contributed by atoms with Crippen molar-refractivity contribution >= 4 is 56.5 Å². The Morgan fingerprint density at radius 2 is 2.19 bits per heavy atom. The minimum absolute atomic E-state index is 0.0477. The van der Waals surface area contributed by atoms with Crippen molar-refractivity contribution in [3.05, 3.63) is 42.0 Å². The van der Waals surface area contributed by atoms with Crippen LogP contribution in [-0.2, 0) is 9.59 Å². The number of thiophene rings is 1. The minimum atomic E-state index is -0.210. The van der Waals surface area contributed by atoms with Crippen LogP contribution in [0, 0.1) is 0 Å². The van der Waals surface area contributed by atoms with Gasteiger partial charge in [-0.25, -0.2) is 9.97 Å². The van der Waals surface area contributed by atoms with Crippen molar-refractivity contribution in [1.82, 2.24) is 9.97 Å². The Morgan fingerprint density at radius 1 is 1.35 bits per heavy atom. The summed E-state index contributed by atoms with van der Waals surface area (Å²) in [4.78, 5) is 36.2. The Balaban J connectivity index is 1.59. The SMILES string of the molecule is C[C@H]1CC(=O)Nc2ccccc2N1C(=O)CSc1ncnc2sccc12. The first-order chi connectivity index (χ1) is 12.6. The van der Waals surface area contributed by atoms with Gasteiger partial charge in [0.25, 0.3) is 0 Å². The summed E-state index contributed by atoms with van der Waals surface area (Å²) < 4.78 is 0. The molecule has 3 heterocycles. The summed E-state index contributed by atoms with van der Waals surface area (Å²) in [7, 11) is 0. The van der Waals surface area contributed by atoms with E-state index in [1.54, 1.807) is 16.2 Å². The zero-order valence-electron chi connectivity index (χ0n) is 14.0. The maximum atomic E-state index is 13.0. The first-order valence-electron chi connectivity index (χ1n) is 8.15. The molecule has 0 aliphatic carbocycles. The van der Waals surface area contributed by atoms with Gasteiger partial charge in [-0.2, -0.15) is 0 Å². The number of hydrogen-bond acceptors (Lipinski definition) is 6. The van der Waals surface area contributed by atoms with Crippen LogP contribution in [0.3, 0.4) is 0 Å². The molecule has 0 unspecified atom stereocenters. The molecular weight excluding hydrogens is 368 g/mol. The number of fused-ring (bicyclic) bond motifs is 2. The van der Waals surface area contributed by atoms with Crippen molar-refractivity contribution in [2.24, 2.45) is 0 Å². The van der Waals surface area contributed by atoms with E-state index in [1.165, 1.54) is 18.1 Å². The summed E-state index contributed by atoms with van der Waals surface area (Å²) in [6, 6.07) is 9.16. The number of thioether (sulfide) groups is 1. The van der Waals surface area contributed by atoms with Crippen LogP contribution in [0.15, 0.2) is 47.1 Å². The highest BCUT2D eigenvalue weighted by molar-refractivity contribution is 8.00. The van der Waals surface area contributed by atoms with Gasteiger partial charge in [0.2, 0.25) is 11.8 Å². The third kappa shape index (κ3) is 3.17. The van der Waals surface area contributed by atoms with Gasteiger partial charge in [-0.15, -0.1) is 11.3 Å². The minimum Gasteiger partial charge on any atom is -0.324 e. The number of anilines is 2. The molecule has 6 nitrogen and oxygen atoms in total. The van der Waals surface area contributed by atoms with Crippen molar-refractivity contribution in [2.75, 3.05) is 16.0 Å². The van der Waals surface area contributed by atoms with E-state index in [-0.39, 0.29) is 30.0 Å². The van der Waals surface area contributed by atoms with Crippen LogP contribution in [0.1, 0.15) is 13.3 Å². The Hall–Kier alpha value is -2.45. The lowest BCUT2D eigenvalue weighted by Gasteiger charge is -2.27. The zero-order chi connectivity index (χ0) is 18.1. The molecule has 3 aromatic rings. The monoisotopic (exact) mass is 384 g/mol. The van der Waals surface area contributed by atoms with Gasteiger partial charge in [-0.1, -0.05) is 23.9 Å². The van der Waals surface area contributed by atoms with E-state index in [2.05, 4.69) is 15.3 Å². The number of hydrogen-bond donors (Lipinski definition) is 1. The van der Waals surface area contributed by atoms with Crippen LogP contribution in [-0.4, -0.2) is 33.6 Å². The van der Waals surface area contributed by atoms with Crippen LogP contribution in [0.25, 0.3) is 10.2 Å². The second kappa shape index (κ2) is 7.05. The number of carbonyl (C=O) groups excluding carboxylic acids is 2. The molecule has 26 heavy (non-hydrogen) atoms. The molecule has 0 spiro atoms. The van der Waals surface area contributed by atoms with E-state index < -0.39 is 0 Å². The molecule has 8 heteroatoms. The number of para-hydroxylation sites is 2. The summed E-state index contributed by atoms with van der Waals surface area (Å²) in [5.41, 5.74) is 1.40. The van der Waals surface area contributed by atoms with Crippen LogP contribution in [0.4, 0.5) is 11.4 Å². The highest BCUT2D eigenvalue weighted by Crippen LogP contribution is 2.33. The molecule has 0 fully saturated rings. The number of amides is 2. The van der Waals surface area contributed by atoms with Gasteiger partial charge in [0.1, 0.15) is 16.2 Å². The Bertz CT molecular complexity index is 988. The molecule has 2 aromatic heterocycles. The van der Waals surface area contributed by atoms with Gasteiger partial charge in [0.05, 0.1) is 17.1 Å². The lowest BCUT2D eigenvalue weighted by atomic mass is 10.2. The predicted molar refractivity (Wildman–Crippen MR) is 105 cm³/mol. The average molecular weight is 384 g/mol. The van der Waals surface area contributed by atoms with Gasteiger partial charge in [-0.3, -0.25) is 9.59 Å². The number of carbonyl (C=O) groups is 2. The predicted octanol–water partition coefficient (Wildman–Crippen LogP) is 3.55. The van der Waals surface area contributed by atoms with Gasteiger partial charge >= 0.3 is 0 Å². The summed E-state index contributed by atoms with van der Waals surface area (Å²) in [5, 5.41) is 6.61. The average Bonchev–Trinajstić information content (AvgIpc) is 3.06. The Morgan fingerprint density at radius 3 is 3.08 bits per heavy atom. The second-order valence-corrected chi connectivity index (χ2v) is 7.85. The number of aromatic nitrogens is 2. The molecule has 2 amide bonds. The largest absolute Gasteiger partial charge is 0.324 e. The molecule has 0 radical (unpaired) electrons. The quantitative estimate of drug-likeness (QED) is 0.552. The molecule has 132 valence electrons. The number of nitrogens with one attached hydrogen (secondary N) is 1. The standard InChI is InChI=1S/C18H16N4O2S2/c1-11-8-15(23)21-13-4-2-3-5-14(13)22(11)16(24)9-26-18-12-6-7-25-17(12)19-10-20-18/h2-7,10-11H,8-9H2,1H3,(H,21,23)/t11-/m0/s1. The summed E-state index contributed by atoms with van der Waals surface area (Å²) >= 11 is 2.95. The first-order valence-corrected chi connectivity index (χ1v) is 10.0. The van der Waals surface area contributed by atoms with E-state index in [0.29, 0.717) is 5.69 Å². The second-order valence-electron chi connectivity index (χ2n) is 5.99. The molecule has 0 saturated carbocycles. The van der Waals surface area contributed by atoms with E-state index in [1.807, 2.05) is 42.6 Å². The lowest BCUT2D eigenvalue weighted by Crippen LogP contribution is -2.40. The van der Waals surface area contributed by atoms with Gasteiger partial charge in [0, 0.05) is 17.8 Å². The van der Waals surface area contributed by atoms with Crippen LogP contribution in [0.5, 0.6) is 0 Å². The van der Waals surface area contributed by atoms with Crippen LogP contribution < -0.4 is 10.2 Å². The van der Waals surface area contributed by atoms with Crippen LogP contribution >= 0.6 is 23.1 Å². The molecule has 1 N–H and O–H groups in total. The van der Waals surface area contributed by atoms with E-state index in [9.17, 15) is 9.59 Å². The van der Waals surface area contributed by atoms with E-state index in [4.69, 9.17) is 0 Å². The van der Waals surface area contributed by atoms with Gasteiger partial charge < -0.3 is 10.2 Å². The first kappa shape index (κ1) is 17.0. The van der Waals surface area contributed by atoms with E-state index in [0.717, 1.165) is 20.9 Å². The molecule has 4 rings (SSSR count). The third-order valence-electron chi connectivity index (χ3n) is 4.19. The molecular formula is C18H16N4O2S2. The number of benzene rings is 1. The third-order valence-corrected chi connectivity index (χ3v) is 6.00. The zero-order valence-corrected chi connectivity index (χ0v) is 15.6. The molecule has 1 aromatic carbocycles. The fraction of sp³-hybridized carbons (Fsp3) is 0.222. The molecule has 0 saturated heterocycles. The van der Waals surface area contributed by atoms with E-state index >= 15 is 0 Å². The normalized spacial score (nSPS) is 16.9. The smallest absolute Gasteiger partial charge is 0.237 e.